The molecule has 4 rings (SSSR count). The molecule has 0 radical (unpaired) electrons. The van der Waals surface area contributed by atoms with Crippen LogP contribution in [0.4, 0.5) is 0 Å². The van der Waals surface area contributed by atoms with Crippen molar-refractivity contribution < 1.29 is 4.79 Å². The van der Waals surface area contributed by atoms with E-state index in [4.69, 9.17) is 11.6 Å². The molecule has 1 fully saturated rings. The van der Waals surface area contributed by atoms with E-state index in [0.29, 0.717) is 28.4 Å². The number of amides is 1. The van der Waals surface area contributed by atoms with Crippen LogP contribution >= 0.6 is 27.5 Å². The molecular weight excluding hydrogens is 406 g/mol. The molecule has 0 aliphatic carbocycles. The zero-order valence-corrected chi connectivity index (χ0v) is 15.6. The van der Waals surface area contributed by atoms with Crippen molar-refractivity contribution in [1.82, 2.24) is 24.3 Å². The molecule has 128 valence electrons. The molecule has 0 spiro atoms. The number of imidazole rings is 1. The zero-order valence-electron chi connectivity index (χ0n) is 13.3. The molecule has 1 aliphatic rings. The van der Waals surface area contributed by atoms with Crippen LogP contribution in [0.15, 0.2) is 41.4 Å². The number of pyridine rings is 1. The van der Waals surface area contributed by atoms with Crippen molar-refractivity contribution >= 4 is 39.1 Å². The van der Waals surface area contributed by atoms with Gasteiger partial charge in [-0.25, -0.2) is 15.0 Å². The average molecular weight is 421 g/mol. The fourth-order valence-corrected chi connectivity index (χ4v) is 3.78. The van der Waals surface area contributed by atoms with Crippen LogP contribution in [-0.2, 0) is 0 Å². The van der Waals surface area contributed by atoms with Gasteiger partial charge in [-0.2, -0.15) is 0 Å². The number of nitrogens with zero attached hydrogens (tertiary/aromatic N) is 5. The number of rotatable bonds is 2. The van der Waals surface area contributed by atoms with Crippen molar-refractivity contribution in [2.45, 2.75) is 18.8 Å². The maximum Gasteiger partial charge on any atom is 0.275 e. The largest absolute Gasteiger partial charge is 0.337 e. The summed E-state index contributed by atoms with van der Waals surface area (Å²) in [5, 5.41) is 0.535. The zero-order chi connectivity index (χ0) is 17.4. The highest BCUT2D eigenvalue weighted by Gasteiger charge is 2.28. The van der Waals surface area contributed by atoms with E-state index in [0.717, 1.165) is 24.3 Å². The lowest BCUT2D eigenvalue weighted by Gasteiger charge is -2.30. The highest BCUT2D eigenvalue weighted by Crippen LogP contribution is 2.28. The molecular formula is C17H15BrClN5O. The highest BCUT2D eigenvalue weighted by molar-refractivity contribution is 9.10. The van der Waals surface area contributed by atoms with Crippen LogP contribution in [0.1, 0.15) is 35.1 Å². The number of carbonyl (C=O) groups is 1. The summed E-state index contributed by atoms with van der Waals surface area (Å²) in [7, 11) is 0. The molecule has 3 aromatic heterocycles. The van der Waals surface area contributed by atoms with Crippen molar-refractivity contribution in [3.8, 4) is 0 Å². The summed E-state index contributed by atoms with van der Waals surface area (Å²) in [5.41, 5.74) is 1.20. The third-order valence-electron chi connectivity index (χ3n) is 4.46. The van der Waals surface area contributed by atoms with Gasteiger partial charge < -0.3 is 4.90 Å². The Morgan fingerprint density at radius 3 is 2.60 bits per heavy atom. The van der Waals surface area contributed by atoms with Crippen LogP contribution in [0.25, 0.3) is 5.65 Å². The molecule has 1 saturated heterocycles. The van der Waals surface area contributed by atoms with Crippen molar-refractivity contribution in [2.75, 3.05) is 13.1 Å². The van der Waals surface area contributed by atoms with Crippen LogP contribution in [0.2, 0.25) is 5.02 Å². The summed E-state index contributed by atoms with van der Waals surface area (Å²) in [6.45, 7) is 1.32. The van der Waals surface area contributed by atoms with Gasteiger partial charge in [-0.1, -0.05) is 17.7 Å². The van der Waals surface area contributed by atoms with Crippen molar-refractivity contribution in [3.63, 3.8) is 0 Å². The number of aromatic nitrogens is 4. The fraction of sp³-hybridized carbons (Fsp3) is 0.294. The highest BCUT2D eigenvalue weighted by atomic mass is 79.9. The van der Waals surface area contributed by atoms with Crippen molar-refractivity contribution in [2.24, 2.45) is 0 Å². The first-order valence-corrected chi connectivity index (χ1v) is 9.20. The second-order valence-electron chi connectivity index (χ2n) is 6.01. The second-order valence-corrected chi connectivity index (χ2v) is 7.19. The summed E-state index contributed by atoms with van der Waals surface area (Å²) in [6.07, 6.45) is 6.79. The Kier molecular flexibility index (Phi) is 4.43. The first-order chi connectivity index (χ1) is 12.1. The Labute approximate surface area is 158 Å². The molecule has 0 saturated carbocycles. The van der Waals surface area contributed by atoms with Crippen LogP contribution in [-0.4, -0.2) is 43.2 Å². The normalized spacial score (nSPS) is 15.7. The van der Waals surface area contributed by atoms with Gasteiger partial charge in [0, 0.05) is 37.6 Å². The number of likely N-dealkylation sites (tertiary alicyclic amines) is 1. The van der Waals surface area contributed by atoms with Crippen LogP contribution in [0.3, 0.4) is 0 Å². The minimum absolute atomic E-state index is 0.0500. The quantitative estimate of drug-likeness (QED) is 0.636. The minimum atomic E-state index is -0.0500. The van der Waals surface area contributed by atoms with Gasteiger partial charge in [0.2, 0.25) is 0 Å². The Morgan fingerprint density at radius 1 is 1.20 bits per heavy atom. The first-order valence-electron chi connectivity index (χ1n) is 8.03. The summed E-state index contributed by atoms with van der Waals surface area (Å²) in [4.78, 5) is 27.8. The Balaban J connectivity index is 1.49. The first kappa shape index (κ1) is 16.5. The number of fused-ring (bicyclic) bond motifs is 1. The standard InChI is InChI=1S/C17H15BrClN5O/c18-15-14(22-13-3-1-2-6-24(13)15)17(25)23-7-4-11(5-8-23)16-20-9-12(19)10-21-16/h1-3,6,9-11H,4-5,7-8H2. The summed E-state index contributed by atoms with van der Waals surface area (Å²) < 4.78 is 2.55. The Morgan fingerprint density at radius 2 is 1.92 bits per heavy atom. The molecule has 4 heterocycles. The lowest BCUT2D eigenvalue weighted by atomic mass is 9.96. The molecule has 8 heteroatoms. The smallest absolute Gasteiger partial charge is 0.275 e. The number of carbonyl (C=O) groups excluding carboxylic acids is 1. The van der Waals surface area contributed by atoms with E-state index in [-0.39, 0.29) is 11.8 Å². The van der Waals surface area contributed by atoms with Gasteiger partial charge >= 0.3 is 0 Å². The van der Waals surface area contributed by atoms with E-state index in [2.05, 4.69) is 30.9 Å². The van der Waals surface area contributed by atoms with E-state index < -0.39 is 0 Å². The third-order valence-corrected chi connectivity index (χ3v) is 5.41. The van der Waals surface area contributed by atoms with Crippen molar-refractivity contribution in [1.29, 1.82) is 0 Å². The average Bonchev–Trinajstić information content (AvgIpc) is 2.99. The summed E-state index contributed by atoms with van der Waals surface area (Å²) in [6, 6.07) is 5.69. The van der Waals surface area contributed by atoms with Gasteiger partial charge in [-0.15, -0.1) is 0 Å². The van der Waals surface area contributed by atoms with E-state index >= 15 is 0 Å². The molecule has 6 nitrogen and oxygen atoms in total. The van der Waals surface area contributed by atoms with E-state index in [9.17, 15) is 4.79 Å². The molecule has 0 unspecified atom stereocenters. The molecule has 1 amide bonds. The summed E-state index contributed by atoms with van der Waals surface area (Å²) in [5.74, 6) is 1.00. The minimum Gasteiger partial charge on any atom is -0.337 e. The second kappa shape index (κ2) is 6.72. The van der Waals surface area contributed by atoms with Gasteiger partial charge in [-0.3, -0.25) is 9.20 Å². The van der Waals surface area contributed by atoms with Crippen LogP contribution in [0, 0.1) is 0 Å². The number of halogens is 2. The lowest BCUT2D eigenvalue weighted by molar-refractivity contribution is 0.0704. The van der Waals surface area contributed by atoms with Gasteiger partial charge in [0.15, 0.2) is 5.69 Å². The van der Waals surface area contributed by atoms with E-state index in [1.807, 2.05) is 33.7 Å². The SMILES string of the molecule is O=C(c1nc2ccccn2c1Br)N1CCC(c2ncc(Cl)cn2)CC1. The van der Waals surface area contributed by atoms with Crippen molar-refractivity contribution in [3.05, 3.63) is 57.9 Å². The maximum absolute atomic E-state index is 12.8. The van der Waals surface area contributed by atoms with Gasteiger partial charge in [0.1, 0.15) is 16.1 Å². The Bertz CT molecular complexity index is 918. The molecule has 0 N–H and O–H groups in total. The molecule has 25 heavy (non-hydrogen) atoms. The molecule has 3 aromatic rings. The topological polar surface area (TPSA) is 63.4 Å². The predicted molar refractivity (Wildman–Crippen MR) is 97.8 cm³/mol. The maximum atomic E-state index is 12.8. The molecule has 1 aliphatic heterocycles. The van der Waals surface area contributed by atoms with Gasteiger partial charge in [0.05, 0.1) is 5.02 Å². The van der Waals surface area contributed by atoms with Gasteiger partial charge in [0.25, 0.3) is 5.91 Å². The Hall–Kier alpha value is -1.99. The number of hydrogen-bond donors (Lipinski definition) is 0. The predicted octanol–water partition coefficient (Wildman–Crippen LogP) is 3.56. The lowest BCUT2D eigenvalue weighted by Crippen LogP contribution is -2.38. The van der Waals surface area contributed by atoms with Crippen LogP contribution < -0.4 is 0 Å². The van der Waals surface area contributed by atoms with E-state index in [1.54, 1.807) is 12.4 Å². The number of piperidine rings is 1. The third kappa shape index (κ3) is 3.14. The molecule has 0 aromatic carbocycles. The number of hydrogen-bond acceptors (Lipinski definition) is 4. The molecule has 0 bridgehead atoms. The monoisotopic (exact) mass is 419 g/mol. The van der Waals surface area contributed by atoms with Crippen LogP contribution in [0.5, 0.6) is 0 Å². The summed E-state index contributed by atoms with van der Waals surface area (Å²) >= 11 is 9.34. The van der Waals surface area contributed by atoms with Gasteiger partial charge in [-0.05, 0) is 40.9 Å². The van der Waals surface area contributed by atoms with E-state index in [1.165, 1.54) is 0 Å². The fourth-order valence-electron chi connectivity index (χ4n) is 3.13. The molecule has 0 atom stereocenters.